The van der Waals surface area contributed by atoms with Gasteiger partial charge in [0.05, 0.1) is 39.9 Å². The number of amides is 1. The number of nitrogens with one attached hydrogen (secondary N) is 1. The molecule has 0 spiro atoms. The molecule has 464 valence electrons. The van der Waals surface area contributed by atoms with Crippen molar-refractivity contribution < 1.29 is 32.9 Å². The third-order valence-corrected chi connectivity index (χ3v) is 16.5. The van der Waals surface area contributed by atoms with Gasteiger partial charge in [0.25, 0.3) is 0 Å². The number of rotatable bonds is 63. The quantitative estimate of drug-likeness (QED) is 0.0243. The van der Waals surface area contributed by atoms with Gasteiger partial charge in [-0.1, -0.05) is 325 Å². The van der Waals surface area contributed by atoms with Gasteiger partial charge in [0.15, 0.2) is 0 Å². The lowest BCUT2D eigenvalue weighted by atomic mass is 10.0. The van der Waals surface area contributed by atoms with Crippen LogP contribution in [0.1, 0.15) is 328 Å². The maximum atomic E-state index is 13.1. The minimum atomic E-state index is -4.33. The lowest BCUT2D eigenvalue weighted by Gasteiger charge is -2.26. The van der Waals surface area contributed by atoms with Crippen LogP contribution in [-0.2, 0) is 18.4 Å². The van der Waals surface area contributed by atoms with Crippen molar-refractivity contribution in [3.8, 4) is 0 Å². The Labute approximate surface area is 492 Å². The molecule has 9 heteroatoms. The molecular weight excluding hydrogens is 996 g/mol. The van der Waals surface area contributed by atoms with Crippen LogP contribution in [0.25, 0.3) is 0 Å². The molecule has 0 aliphatic carbocycles. The molecule has 0 aliphatic rings. The van der Waals surface area contributed by atoms with Gasteiger partial charge in [0.2, 0.25) is 5.91 Å². The summed E-state index contributed by atoms with van der Waals surface area (Å²) in [6, 6.07) is -0.764. The van der Waals surface area contributed by atoms with E-state index in [-0.39, 0.29) is 19.1 Å². The molecule has 0 saturated carbocycles. The Hall–Kier alpha value is -1.80. The Morgan fingerprint density at radius 3 is 1.11 bits per heavy atom. The third-order valence-electron chi connectivity index (χ3n) is 15.5. The van der Waals surface area contributed by atoms with Crippen molar-refractivity contribution in [3.63, 3.8) is 0 Å². The number of carbonyl (C=O) groups excluding carboxylic acids is 1. The summed E-state index contributed by atoms with van der Waals surface area (Å²) in [6.07, 6.45) is 83.1. The fourth-order valence-corrected chi connectivity index (χ4v) is 11.0. The van der Waals surface area contributed by atoms with Crippen LogP contribution in [0.3, 0.4) is 0 Å². The normalized spacial score (nSPS) is 14.1. The van der Waals surface area contributed by atoms with Crippen LogP contribution < -0.4 is 5.32 Å². The van der Waals surface area contributed by atoms with Gasteiger partial charge in [0, 0.05) is 6.42 Å². The zero-order valence-electron chi connectivity index (χ0n) is 53.1. The number of aliphatic hydroxyl groups excluding tert-OH is 1. The molecule has 0 radical (unpaired) electrons. The van der Waals surface area contributed by atoms with Crippen LogP contribution in [-0.4, -0.2) is 73.4 Å². The van der Waals surface area contributed by atoms with Gasteiger partial charge in [-0.2, -0.15) is 0 Å². The van der Waals surface area contributed by atoms with Gasteiger partial charge in [-0.3, -0.25) is 13.8 Å². The van der Waals surface area contributed by atoms with Gasteiger partial charge >= 0.3 is 7.82 Å². The molecule has 0 aromatic carbocycles. The smallest absolute Gasteiger partial charge is 0.391 e. The number of nitrogens with zero attached hydrogens (tertiary/aromatic N) is 1. The molecule has 0 rings (SSSR count). The number of quaternary nitrogens is 1. The molecular formula is C70H134N2O6P+. The topological polar surface area (TPSA) is 105 Å². The van der Waals surface area contributed by atoms with Crippen LogP contribution in [0.2, 0.25) is 0 Å². The number of aliphatic hydroxyl groups is 1. The van der Waals surface area contributed by atoms with E-state index in [0.29, 0.717) is 23.9 Å². The molecule has 3 N–H and O–H groups in total. The predicted molar refractivity (Wildman–Crippen MR) is 346 cm³/mol. The summed E-state index contributed by atoms with van der Waals surface area (Å²) < 4.78 is 23.9. The highest BCUT2D eigenvalue weighted by molar-refractivity contribution is 7.47. The average molecular weight is 1130 g/mol. The molecule has 0 aromatic heterocycles. The largest absolute Gasteiger partial charge is 0.472 e. The SMILES string of the molecule is CC/C=C\C/C=C\C/C=C\C/C=C\C/C=C\CCCCCCCCCCCCCCCCCC(=O)NC(COP(=O)(O)OCC[N+](C)(C)C)C(O)CCCCCCCCCCCCCCCCCCCCCCCCCCCC. The van der Waals surface area contributed by atoms with Crippen molar-refractivity contribution in [3.05, 3.63) is 60.8 Å². The van der Waals surface area contributed by atoms with E-state index in [1.807, 2.05) is 21.1 Å². The lowest BCUT2D eigenvalue weighted by molar-refractivity contribution is -0.870. The molecule has 0 fully saturated rings. The second kappa shape index (κ2) is 60.8. The first-order valence-corrected chi connectivity index (χ1v) is 35.6. The number of allylic oxidation sites excluding steroid dienone is 10. The molecule has 8 nitrogen and oxygen atoms in total. The van der Waals surface area contributed by atoms with Crippen LogP contribution in [0.5, 0.6) is 0 Å². The fourth-order valence-electron chi connectivity index (χ4n) is 10.3. The van der Waals surface area contributed by atoms with E-state index < -0.39 is 20.0 Å². The zero-order chi connectivity index (χ0) is 57.7. The summed E-state index contributed by atoms with van der Waals surface area (Å²) in [6.45, 7) is 4.82. The van der Waals surface area contributed by atoms with E-state index in [1.54, 1.807) is 0 Å². The van der Waals surface area contributed by atoms with E-state index in [1.165, 1.54) is 231 Å². The van der Waals surface area contributed by atoms with Crippen LogP contribution in [0.4, 0.5) is 0 Å². The van der Waals surface area contributed by atoms with Gasteiger partial charge in [-0.15, -0.1) is 0 Å². The number of hydrogen-bond acceptors (Lipinski definition) is 5. The number of carbonyl (C=O) groups is 1. The van der Waals surface area contributed by atoms with E-state index in [4.69, 9.17) is 9.05 Å². The summed E-state index contributed by atoms with van der Waals surface area (Å²) in [5, 5.41) is 14.1. The van der Waals surface area contributed by atoms with Crippen molar-refractivity contribution >= 4 is 13.7 Å². The molecule has 0 saturated heterocycles. The molecule has 0 aromatic rings. The number of phosphoric acid groups is 1. The highest BCUT2D eigenvalue weighted by Gasteiger charge is 2.28. The maximum Gasteiger partial charge on any atom is 0.472 e. The molecule has 1 amide bonds. The number of likely N-dealkylation sites (N-methyl/N-ethyl adjacent to an activating group) is 1. The third kappa shape index (κ3) is 63.6. The van der Waals surface area contributed by atoms with Crippen molar-refractivity contribution in [1.29, 1.82) is 0 Å². The molecule has 3 atom stereocenters. The first kappa shape index (κ1) is 77.2. The van der Waals surface area contributed by atoms with Crippen molar-refractivity contribution in [2.75, 3.05) is 40.9 Å². The van der Waals surface area contributed by atoms with E-state index in [2.05, 4.69) is 79.9 Å². The average Bonchev–Trinajstić information content (AvgIpc) is 3.42. The summed E-state index contributed by atoms with van der Waals surface area (Å²) in [5.41, 5.74) is 0. The van der Waals surface area contributed by atoms with Crippen molar-refractivity contribution in [1.82, 2.24) is 5.32 Å². The van der Waals surface area contributed by atoms with Crippen molar-refractivity contribution in [2.24, 2.45) is 0 Å². The number of unbranched alkanes of at least 4 members (excludes halogenated alkanes) is 40. The van der Waals surface area contributed by atoms with Gasteiger partial charge in [0.1, 0.15) is 13.2 Å². The lowest BCUT2D eigenvalue weighted by Crippen LogP contribution is -2.46. The number of hydrogen-bond donors (Lipinski definition) is 3. The molecule has 79 heavy (non-hydrogen) atoms. The Kier molecular flexibility index (Phi) is 59.4. The monoisotopic (exact) mass is 1130 g/mol. The zero-order valence-corrected chi connectivity index (χ0v) is 54.0. The second-order valence-electron chi connectivity index (χ2n) is 24.5. The van der Waals surface area contributed by atoms with Crippen LogP contribution >= 0.6 is 7.82 Å². The van der Waals surface area contributed by atoms with Gasteiger partial charge in [-0.25, -0.2) is 4.57 Å². The molecule has 0 heterocycles. The van der Waals surface area contributed by atoms with Crippen LogP contribution in [0, 0.1) is 0 Å². The Morgan fingerprint density at radius 2 is 0.759 bits per heavy atom. The Bertz CT molecular complexity index is 1470. The van der Waals surface area contributed by atoms with E-state index in [9.17, 15) is 19.4 Å². The standard InChI is InChI=1S/C70H133N2O6P/c1-6-8-10-12-14-16-18-20-22-24-26-28-30-32-34-35-36-37-38-40-42-44-46-48-50-52-54-56-58-60-62-64-70(74)71-68(67-78-79(75,76)77-66-65-72(3,4)5)69(73)63-61-59-57-55-53-51-49-47-45-43-41-39-33-31-29-27-25-23-21-19-17-15-13-11-9-7-2/h8,10,14,16,20,22,26,28,32,34,68-69,73H,6-7,9,11-13,15,17-19,21,23-25,27,29-31,33,35-67H2,1-5H3,(H-,71,74,75,76)/p+1/b10-8-,16-14-,22-20-,28-26-,34-32-. The summed E-state index contributed by atoms with van der Waals surface area (Å²) in [7, 11) is 1.63. The number of phosphoric ester groups is 1. The Balaban J connectivity index is 4.05. The molecule has 0 bridgehead atoms. The summed E-state index contributed by atoms with van der Waals surface area (Å²) in [5.74, 6) is -0.141. The van der Waals surface area contributed by atoms with Crippen molar-refractivity contribution in [2.45, 2.75) is 341 Å². The highest BCUT2D eigenvalue weighted by atomic mass is 31.2. The molecule has 0 aliphatic heterocycles. The molecule has 3 unspecified atom stereocenters. The van der Waals surface area contributed by atoms with E-state index in [0.717, 1.165) is 70.6 Å². The van der Waals surface area contributed by atoms with Gasteiger partial charge < -0.3 is 19.8 Å². The minimum absolute atomic E-state index is 0.0745. The van der Waals surface area contributed by atoms with E-state index >= 15 is 0 Å². The maximum absolute atomic E-state index is 13.1. The summed E-state index contributed by atoms with van der Waals surface area (Å²) in [4.78, 5) is 23.5. The highest BCUT2D eigenvalue weighted by Crippen LogP contribution is 2.43. The first-order chi connectivity index (χ1) is 38.5. The second-order valence-corrected chi connectivity index (χ2v) is 26.0. The minimum Gasteiger partial charge on any atom is -0.391 e. The predicted octanol–water partition coefficient (Wildman–Crippen LogP) is 21.6. The Morgan fingerprint density at radius 1 is 0.443 bits per heavy atom. The van der Waals surface area contributed by atoms with Crippen LogP contribution in [0.15, 0.2) is 60.8 Å². The fraction of sp³-hybridized carbons (Fsp3) is 0.843. The van der Waals surface area contributed by atoms with Gasteiger partial charge in [-0.05, 0) is 57.8 Å². The summed E-state index contributed by atoms with van der Waals surface area (Å²) >= 11 is 0. The first-order valence-electron chi connectivity index (χ1n) is 34.2.